The zero-order valence-electron chi connectivity index (χ0n) is 14.1. The first-order valence-electron chi connectivity index (χ1n) is 8.42. The van der Waals surface area contributed by atoms with E-state index < -0.39 is 0 Å². The molecule has 0 unspecified atom stereocenters. The Bertz CT molecular complexity index is 648. The SMILES string of the molecule is Cc1ccc(CNCCC(=O)N2CCN(c3ccccn3)CC2)o1. The lowest BCUT2D eigenvalue weighted by Gasteiger charge is -2.35. The van der Waals surface area contributed by atoms with Crippen LogP contribution in [0.1, 0.15) is 17.9 Å². The van der Waals surface area contributed by atoms with Gasteiger partial charge in [-0.25, -0.2) is 4.98 Å². The van der Waals surface area contributed by atoms with Crippen molar-refractivity contribution in [2.24, 2.45) is 0 Å². The minimum absolute atomic E-state index is 0.207. The van der Waals surface area contributed by atoms with Crippen LogP contribution in [-0.2, 0) is 11.3 Å². The maximum atomic E-state index is 12.3. The number of piperazine rings is 1. The van der Waals surface area contributed by atoms with E-state index in [-0.39, 0.29) is 5.91 Å². The van der Waals surface area contributed by atoms with E-state index in [0.29, 0.717) is 19.5 Å². The number of carbonyl (C=O) groups is 1. The Morgan fingerprint density at radius 2 is 2.04 bits per heavy atom. The zero-order chi connectivity index (χ0) is 16.8. The topological polar surface area (TPSA) is 61.6 Å². The molecule has 24 heavy (non-hydrogen) atoms. The second kappa shape index (κ2) is 7.97. The molecule has 0 aliphatic carbocycles. The molecule has 0 aromatic carbocycles. The van der Waals surface area contributed by atoms with Gasteiger partial charge in [0.15, 0.2) is 0 Å². The Morgan fingerprint density at radius 1 is 1.21 bits per heavy atom. The maximum absolute atomic E-state index is 12.3. The number of amides is 1. The Kier molecular flexibility index (Phi) is 5.48. The van der Waals surface area contributed by atoms with Gasteiger partial charge in [0.1, 0.15) is 17.3 Å². The third-order valence-electron chi connectivity index (χ3n) is 4.22. The highest BCUT2D eigenvalue weighted by atomic mass is 16.3. The third-order valence-corrected chi connectivity index (χ3v) is 4.22. The van der Waals surface area contributed by atoms with Crippen molar-refractivity contribution in [2.45, 2.75) is 19.9 Å². The summed E-state index contributed by atoms with van der Waals surface area (Å²) in [7, 11) is 0. The van der Waals surface area contributed by atoms with Crippen molar-refractivity contribution in [3.63, 3.8) is 0 Å². The number of aromatic nitrogens is 1. The van der Waals surface area contributed by atoms with Crippen molar-refractivity contribution in [3.05, 3.63) is 48.0 Å². The van der Waals surface area contributed by atoms with Crippen molar-refractivity contribution in [2.75, 3.05) is 37.6 Å². The summed E-state index contributed by atoms with van der Waals surface area (Å²) in [6.07, 6.45) is 2.32. The lowest BCUT2D eigenvalue weighted by molar-refractivity contribution is -0.131. The minimum Gasteiger partial charge on any atom is -0.465 e. The number of pyridine rings is 1. The maximum Gasteiger partial charge on any atom is 0.223 e. The molecule has 0 saturated carbocycles. The second-order valence-corrected chi connectivity index (χ2v) is 5.99. The molecule has 0 spiro atoms. The van der Waals surface area contributed by atoms with Gasteiger partial charge >= 0.3 is 0 Å². The zero-order valence-corrected chi connectivity index (χ0v) is 14.1. The lowest BCUT2D eigenvalue weighted by Crippen LogP contribution is -2.49. The van der Waals surface area contributed by atoms with Gasteiger partial charge in [0.2, 0.25) is 5.91 Å². The molecule has 1 aliphatic heterocycles. The van der Waals surface area contributed by atoms with Crippen LogP contribution < -0.4 is 10.2 Å². The molecule has 6 nitrogen and oxygen atoms in total. The molecule has 2 aromatic rings. The van der Waals surface area contributed by atoms with Crippen LogP contribution in [-0.4, -0.2) is 48.5 Å². The van der Waals surface area contributed by atoms with Crippen LogP contribution in [0.15, 0.2) is 40.9 Å². The molecular weight excluding hydrogens is 304 g/mol. The monoisotopic (exact) mass is 328 g/mol. The summed E-state index contributed by atoms with van der Waals surface area (Å²) < 4.78 is 5.49. The number of hydrogen-bond acceptors (Lipinski definition) is 5. The van der Waals surface area contributed by atoms with Gasteiger partial charge < -0.3 is 19.5 Å². The second-order valence-electron chi connectivity index (χ2n) is 5.99. The lowest BCUT2D eigenvalue weighted by atomic mass is 10.2. The van der Waals surface area contributed by atoms with E-state index in [4.69, 9.17) is 4.42 Å². The summed E-state index contributed by atoms with van der Waals surface area (Å²) in [5.41, 5.74) is 0. The number of carbonyl (C=O) groups excluding carboxylic acids is 1. The molecule has 2 aromatic heterocycles. The average molecular weight is 328 g/mol. The normalized spacial score (nSPS) is 14.9. The van der Waals surface area contributed by atoms with E-state index in [1.807, 2.05) is 42.2 Å². The van der Waals surface area contributed by atoms with Crippen molar-refractivity contribution in [1.29, 1.82) is 0 Å². The van der Waals surface area contributed by atoms with E-state index in [0.717, 1.165) is 43.5 Å². The molecule has 128 valence electrons. The molecule has 1 saturated heterocycles. The third kappa shape index (κ3) is 4.35. The Balaban J connectivity index is 1.36. The fourth-order valence-corrected chi connectivity index (χ4v) is 2.87. The van der Waals surface area contributed by atoms with E-state index >= 15 is 0 Å². The van der Waals surface area contributed by atoms with E-state index in [1.165, 1.54) is 0 Å². The summed E-state index contributed by atoms with van der Waals surface area (Å²) in [5.74, 6) is 3.01. The van der Waals surface area contributed by atoms with Crippen molar-refractivity contribution < 1.29 is 9.21 Å². The Morgan fingerprint density at radius 3 is 2.71 bits per heavy atom. The fraction of sp³-hybridized carbons (Fsp3) is 0.444. The number of nitrogens with one attached hydrogen (secondary N) is 1. The summed E-state index contributed by atoms with van der Waals surface area (Å²) in [6, 6.07) is 9.83. The van der Waals surface area contributed by atoms with Crippen LogP contribution in [0.4, 0.5) is 5.82 Å². The van der Waals surface area contributed by atoms with Gasteiger partial charge in [-0.3, -0.25) is 4.79 Å². The van der Waals surface area contributed by atoms with Crippen molar-refractivity contribution in [3.8, 4) is 0 Å². The fourth-order valence-electron chi connectivity index (χ4n) is 2.87. The predicted molar refractivity (Wildman–Crippen MR) is 92.8 cm³/mol. The van der Waals surface area contributed by atoms with E-state index in [2.05, 4.69) is 15.2 Å². The van der Waals surface area contributed by atoms with Crippen molar-refractivity contribution in [1.82, 2.24) is 15.2 Å². The van der Waals surface area contributed by atoms with E-state index in [1.54, 1.807) is 6.20 Å². The minimum atomic E-state index is 0.207. The quantitative estimate of drug-likeness (QED) is 0.820. The highest BCUT2D eigenvalue weighted by molar-refractivity contribution is 5.76. The molecular formula is C18H24N4O2. The predicted octanol–water partition coefficient (Wildman–Crippen LogP) is 1.81. The van der Waals surface area contributed by atoms with Crippen LogP contribution >= 0.6 is 0 Å². The molecule has 0 bridgehead atoms. The largest absolute Gasteiger partial charge is 0.465 e. The van der Waals surface area contributed by atoms with Crippen LogP contribution in [0.2, 0.25) is 0 Å². The first kappa shape index (κ1) is 16.5. The molecule has 3 rings (SSSR count). The van der Waals surface area contributed by atoms with Crippen LogP contribution in [0.5, 0.6) is 0 Å². The van der Waals surface area contributed by atoms with Crippen LogP contribution in [0.3, 0.4) is 0 Å². The van der Waals surface area contributed by atoms with Gasteiger partial charge in [-0.05, 0) is 31.2 Å². The van der Waals surface area contributed by atoms with Gasteiger partial charge in [-0.2, -0.15) is 0 Å². The standard InChI is InChI=1S/C18H24N4O2/c1-15-5-6-16(24-15)14-19-9-7-18(23)22-12-10-21(11-13-22)17-4-2-3-8-20-17/h2-6,8,19H,7,9-14H2,1H3. The number of furan rings is 1. The summed E-state index contributed by atoms with van der Waals surface area (Å²) in [6.45, 7) is 6.44. The average Bonchev–Trinajstić information content (AvgIpc) is 3.05. The van der Waals surface area contributed by atoms with Gasteiger partial charge in [0.25, 0.3) is 0 Å². The first-order valence-corrected chi connectivity index (χ1v) is 8.42. The van der Waals surface area contributed by atoms with Crippen LogP contribution in [0, 0.1) is 6.92 Å². The molecule has 1 N–H and O–H groups in total. The molecule has 3 heterocycles. The van der Waals surface area contributed by atoms with Crippen molar-refractivity contribution >= 4 is 11.7 Å². The van der Waals surface area contributed by atoms with E-state index in [9.17, 15) is 4.79 Å². The van der Waals surface area contributed by atoms with Gasteiger partial charge in [0.05, 0.1) is 6.54 Å². The molecule has 1 fully saturated rings. The van der Waals surface area contributed by atoms with Crippen LogP contribution in [0.25, 0.3) is 0 Å². The first-order chi connectivity index (χ1) is 11.7. The molecule has 1 aliphatic rings. The molecule has 6 heteroatoms. The smallest absolute Gasteiger partial charge is 0.223 e. The molecule has 0 atom stereocenters. The number of hydrogen-bond donors (Lipinski definition) is 1. The highest BCUT2D eigenvalue weighted by Gasteiger charge is 2.21. The van der Waals surface area contributed by atoms with Gasteiger partial charge in [-0.15, -0.1) is 0 Å². The highest BCUT2D eigenvalue weighted by Crippen LogP contribution is 2.13. The summed E-state index contributed by atoms with van der Waals surface area (Å²) >= 11 is 0. The number of aryl methyl sites for hydroxylation is 1. The summed E-state index contributed by atoms with van der Waals surface area (Å²) in [5, 5.41) is 3.26. The Labute approximate surface area is 142 Å². The number of anilines is 1. The molecule has 1 amide bonds. The van der Waals surface area contributed by atoms with Gasteiger partial charge in [-0.1, -0.05) is 6.07 Å². The number of nitrogens with zero attached hydrogens (tertiary/aromatic N) is 3. The summed E-state index contributed by atoms with van der Waals surface area (Å²) in [4.78, 5) is 20.8. The van der Waals surface area contributed by atoms with Gasteiger partial charge in [0, 0.05) is 45.3 Å². The Hall–Kier alpha value is -2.34. The molecule has 0 radical (unpaired) electrons. The number of rotatable bonds is 6.